The Labute approximate surface area is 87.3 Å². The molecule has 1 fully saturated rings. The molecule has 5 heteroatoms. The molecule has 1 amide bonds. The molecule has 1 N–H and O–H groups in total. The Morgan fingerprint density at radius 1 is 1.79 bits per heavy atom. The maximum Gasteiger partial charge on any atom is 0.244 e. The third-order valence-electron chi connectivity index (χ3n) is 2.27. The molecule has 0 aliphatic heterocycles. The van der Waals surface area contributed by atoms with Crippen LogP contribution in [0, 0.1) is 0 Å². The van der Waals surface area contributed by atoms with Gasteiger partial charge in [0.2, 0.25) is 5.91 Å². The summed E-state index contributed by atoms with van der Waals surface area (Å²) in [4.78, 5) is 15.5. The third kappa shape index (κ3) is 1.90. The first kappa shape index (κ1) is 9.52. The fourth-order valence-corrected chi connectivity index (χ4v) is 1.52. The largest absolute Gasteiger partial charge is 0.352 e. The van der Waals surface area contributed by atoms with Crippen molar-refractivity contribution in [3.8, 4) is 0 Å². The second kappa shape index (κ2) is 3.61. The van der Waals surface area contributed by atoms with Crippen LogP contribution in [0.2, 0.25) is 0 Å². The van der Waals surface area contributed by atoms with Gasteiger partial charge in [0, 0.05) is 13.1 Å². The number of halogens is 1. The first-order valence-electron chi connectivity index (χ1n) is 4.59. The number of hydrogen-bond acceptors (Lipinski definition) is 2. The van der Waals surface area contributed by atoms with Crippen LogP contribution < -0.4 is 5.32 Å². The lowest BCUT2D eigenvalue weighted by Crippen LogP contribution is -2.29. The highest BCUT2D eigenvalue weighted by Gasteiger charge is 2.28. The zero-order valence-electron chi connectivity index (χ0n) is 7.90. The Hall–Kier alpha value is -1.03. The molecule has 1 aliphatic rings. The van der Waals surface area contributed by atoms with Crippen molar-refractivity contribution in [2.24, 2.45) is 7.05 Å². The molecule has 0 radical (unpaired) electrons. The van der Waals surface area contributed by atoms with E-state index in [9.17, 15) is 4.79 Å². The minimum atomic E-state index is -0.636. The maximum atomic E-state index is 11.6. The van der Waals surface area contributed by atoms with Crippen LogP contribution in [0.4, 0.5) is 0 Å². The predicted molar refractivity (Wildman–Crippen MR) is 53.0 cm³/mol. The van der Waals surface area contributed by atoms with Gasteiger partial charge < -0.3 is 9.88 Å². The van der Waals surface area contributed by atoms with Crippen molar-refractivity contribution in [2.45, 2.75) is 24.3 Å². The molecule has 4 nitrogen and oxygen atoms in total. The van der Waals surface area contributed by atoms with E-state index in [0.29, 0.717) is 6.04 Å². The Morgan fingerprint density at radius 2 is 2.50 bits per heavy atom. The van der Waals surface area contributed by atoms with E-state index in [0.717, 1.165) is 18.5 Å². The van der Waals surface area contributed by atoms with Gasteiger partial charge in [-0.15, -0.1) is 11.6 Å². The summed E-state index contributed by atoms with van der Waals surface area (Å²) in [6.07, 6.45) is 5.39. The van der Waals surface area contributed by atoms with Crippen LogP contribution in [-0.4, -0.2) is 21.5 Å². The van der Waals surface area contributed by atoms with E-state index in [1.807, 2.05) is 7.05 Å². The number of nitrogens with zero attached hydrogens (tertiary/aromatic N) is 2. The summed E-state index contributed by atoms with van der Waals surface area (Å²) in [7, 11) is 1.82. The van der Waals surface area contributed by atoms with Gasteiger partial charge in [-0.25, -0.2) is 4.98 Å². The Bertz CT molecular complexity index is 346. The monoisotopic (exact) mass is 213 g/mol. The number of carbonyl (C=O) groups excluding carboxylic acids is 1. The Morgan fingerprint density at radius 3 is 3.00 bits per heavy atom. The lowest BCUT2D eigenvalue weighted by Gasteiger charge is -2.09. The molecule has 1 saturated carbocycles. The van der Waals surface area contributed by atoms with Gasteiger partial charge in [0.15, 0.2) is 5.38 Å². The van der Waals surface area contributed by atoms with Crippen LogP contribution >= 0.6 is 11.6 Å². The fraction of sp³-hybridized carbons (Fsp3) is 0.556. The van der Waals surface area contributed by atoms with Gasteiger partial charge in [0.05, 0.1) is 18.2 Å². The third-order valence-corrected chi connectivity index (χ3v) is 2.69. The van der Waals surface area contributed by atoms with E-state index in [4.69, 9.17) is 11.6 Å². The average molecular weight is 214 g/mol. The minimum Gasteiger partial charge on any atom is -0.352 e. The summed E-state index contributed by atoms with van der Waals surface area (Å²) in [6.45, 7) is 0. The standard InChI is InChI=1S/C9H12ClN3O/c1-13-5-11-4-7(13)8(10)9(14)12-6-2-3-6/h4-6,8H,2-3H2,1H3,(H,12,14). The summed E-state index contributed by atoms with van der Waals surface area (Å²) in [6, 6.07) is 0.344. The van der Waals surface area contributed by atoms with Crippen molar-refractivity contribution in [1.82, 2.24) is 14.9 Å². The molecule has 0 bridgehead atoms. The van der Waals surface area contributed by atoms with Crippen LogP contribution in [0.25, 0.3) is 0 Å². The molecule has 1 aliphatic carbocycles. The number of imidazole rings is 1. The van der Waals surface area contributed by atoms with Crippen LogP contribution in [-0.2, 0) is 11.8 Å². The van der Waals surface area contributed by atoms with Gasteiger partial charge in [0.25, 0.3) is 0 Å². The van der Waals surface area contributed by atoms with Gasteiger partial charge in [-0.1, -0.05) is 0 Å². The molecular weight excluding hydrogens is 202 g/mol. The van der Waals surface area contributed by atoms with Gasteiger partial charge in [-0.2, -0.15) is 0 Å². The molecule has 2 rings (SSSR count). The number of aromatic nitrogens is 2. The van der Waals surface area contributed by atoms with Crippen molar-refractivity contribution in [3.05, 3.63) is 18.2 Å². The summed E-state index contributed by atoms with van der Waals surface area (Å²) in [5.74, 6) is -0.127. The van der Waals surface area contributed by atoms with Gasteiger partial charge in [0.1, 0.15) is 0 Å². The molecule has 1 unspecified atom stereocenters. The van der Waals surface area contributed by atoms with E-state index in [1.54, 1.807) is 17.1 Å². The summed E-state index contributed by atoms with van der Waals surface area (Å²) in [5.41, 5.74) is 0.727. The molecule has 1 aromatic heterocycles. The van der Waals surface area contributed by atoms with Gasteiger partial charge in [-0.3, -0.25) is 4.79 Å². The van der Waals surface area contributed by atoms with E-state index in [2.05, 4.69) is 10.3 Å². The number of amides is 1. The molecule has 0 aromatic carbocycles. The van der Waals surface area contributed by atoms with Crippen LogP contribution in [0.15, 0.2) is 12.5 Å². The number of hydrogen-bond donors (Lipinski definition) is 1. The fourth-order valence-electron chi connectivity index (χ4n) is 1.25. The van der Waals surface area contributed by atoms with Crippen molar-refractivity contribution in [1.29, 1.82) is 0 Å². The summed E-state index contributed by atoms with van der Waals surface area (Å²) in [5, 5.41) is 2.22. The van der Waals surface area contributed by atoms with Crippen LogP contribution in [0.3, 0.4) is 0 Å². The molecule has 1 heterocycles. The quantitative estimate of drug-likeness (QED) is 0.761. The number of rotatable bonds is 3. The molecule has 1 aromatic rings. The zero-order valence-corrected chi connectivity index (χ0v) is 8.66. The normalized spacial score (nSPS) is 17.9. The maximum absolute atomic E-state index is 11.6. The van der Waals surface area contributed by atoms with Crippen molar-refractivity contribution < 1.29 is 4.79 Å². The number of carbonyl (C=O) groups is 1. The highest BCUT2D eigenvalue weighted by atomic mass is 35.5. The molecule has 76 valence electrons. The Kier molecular flexibility index (Phi) is 2.46. The zero-order chi connectivity index (χ0) is 10.1. The number of aryl methyl sites for hydroxylation is 1. The topological polar surface area (TPSA) is 46.9 Å². The molecule has 1 atom stereocenters. The van der Waals surface area contributed by atoms with Crippen LogP contribution in [0.5, 0.6) is 0 Å². The molecule has 0 saturated heterocycles. The SMILES string of the molecule is Cn1cncc1C(Cl)C(=O)NC1CC1. The van der Waals surface area contributed by atoms with Crippen molar-refractivity contribution in [3.63, 3.8) is 0 Å². The average Bonchev–Trinajstić information content (AvgIpc) is 2.86. The lowest BCUT2D eigenvalue weighted by atomic mass is 10.3. The van der Waals surface area contributed by atoms with Gasteiger partial charge >= 0.3 is 0 Å². The first-order valence-corrected chi connectivity index (χ1v) is 5.03. The van der Waals surface area contributed by atoms with E-state index < -0.39 is 5.38 Å². The van der Waals surface area contributed by atoms with Crippen molar-refractivity contribution >= 4 is 17.5 Å². The predicted octanol–water partition coefficient (Wildman–Crippen LogP) is 0.979. The second-order valence-corrected chi connectivity index (χ2v) is 4.01. The highest BCUT2D eigenvalue weighted by Crippen LogP contribution is 2.23. The summed E-state index contributed by atoms with van der Waals surface area (Å²) < 4.78 is 1.75. The van der Waals surface area contributed by atoms with Crippen molar-refractivity contribution in [2.75, 3.05) is 0 Å². The molecule has 0 spiro atoms. The van der Waals surface area contributed by atoms with E-state index in [-0.39, 0.29) is 5.91 Å². The molecule has 14 heavy (non-hydrogen) atoms. The van der Waals surface area contributed by atoms with E-state index >= 15 is 0 Å². The lowest BCUT2D eigenvalue weighted by molar-refractivity contribution is -0.121. The number of nitrogens with one attached hydrogen (secondary N) is 1. The van der Waals surface area contributed by atoms with E-state index in [1.165, 1.54) is 0 Å². The van der Waals surface area contributed by atoms with Crippen LogP contribution in [0.1, 0.15) is 23.9 Å². The number of alkyl halides is 1. The first-order chi connectivity index (χ1) is 6.68. The molecular formula is C9H12ClN3O. The second-order valence-electron chi connectivity index (χ2n) is 3.57. The van der Waals surface area contributed by atoms with Gasteiger partial charge in [-0.05, 0) is 12.8 Å². The summed E-state index contributed by atoms with van der Waals surface area (Å²) >= 11 is 6.00. The Balaban J connectivity index is 2.03. The minimum absolute atomic E-state index is 0.127. The smallest absolute Gasteiger partial charge is 0.244 e. The highest BCUT2D eigenvalue weighted by molar-refractivity contribution is 6.30.